The second kappa shape index (κ2) is 30.1. The number of allylic oxidation sites excluding steroid dienone is 3. The van der Waals surface area contributed by atoms with Crippen molar-refractivity contribution in [3.63, 3.8) is 0 Å². The zero-order valence-electron chi connectivity index (χ0n) is 36.6. The topological polar surface area (TPSA) is 84.0 Å². The number of carbonyl (C=O) groups excluding carboxylic acids is 1. The van der Waals surface area contributed by atoms with Gasteiger partial charge in [-0.1, -0.05) is 174 Å². The summed E-state index contributed by atoms with van der Waals surface area (Å²) in [6.45, 7) is 12.8. The third kappa shape index (κ3) is 17.6. The number of anilines is 1. The normalized spacial score (nSPS) is 15.3. The number of Topliss-reactive ketones (excluding diaryl/α,β-unsaturated/α-hetero) is 1. The summed E-state index contributed by atoms with van der Waals surface area (Å²) in [5.74, 6) is 0.264. The summed E-state index contributed by atoms with van der Waals surface area (Å²) in [5, 5.41) is 22.3. The molecule has 1 aliphatic carbocycles. The number of ketones is 1. The third-order valence-corrected chi connectivity index (χ3v) is 11.7. The van der Waals surface area contributed by atoms with Gasteiger partial charge in [0, 0.05) is 30.3 Å². The van der Waals surface area contributed by atoms with Crippen LogP contribution in [0, 0.1) is 0 Å². The van der Waals surface area contributed by atoms with Gasteiger partial charge in [-0.25, -0.2) is 0 Å². The first-order chi connectivity index (χ1) is 27.5. The van der Waals surface area contributed by atoms with Crippen molar-refractivity contribution in [1.29, 1.82) is 0 Å². The molecule has 7 nitrogen and oxygen atoms in total. The molecule has 1 aromatic heterocycles. The molecule has 2 heterocycles. The minimum Gasteiger partial charge on any atom is -0.871 e. The summed E-state index contributed by atoms with van der Waals surface area (Å²) in [6.07, 6.45) is 42.5. The van der Waals surface area contributed by atoms with Crippen LogP contribution in [0.2, 0.25) is 0 Å². The van der Waals surface area contributed by atoms with Gasteiger partial charge in [-0.3, -0.25) is 14.4 Å². The van der Waals surface area contributed by atoms with Crippen LogP contribution in [-0.2, 0) is 4.79 Å². The van der Waals surface area contributed by atoms with Gasteiger partial charge in [0.05, 0.1) is 35.8 Å². The zero-order valence-corrected chi connectivity index (χ0v) is 36.6. The highest BCUT2D eigenvalue weighted by Gasteiger charge is 2.33. The quantitative estimate of drug-likeness (QED) is 0.0397. The number of azo groups is 1. The van der Waals surface area contributed by atoms with Gasteiger partial charge in [0.25, 0.3) is 0 Å². The molecule has 0 bridgehead atoms. The monoisotopic (exact) mass is 772 g/mol. The van der Waals surface area contributed by atoms with E-state index in [4.69, 9.17) is 0 Å². The van der Waals surface area contributed by atoms with Gasteiger partial charge in [-0.2, -0.15) is 0 Å². The predicted octanol–water partition coefficient (Wildman–Crippen LogP) is 13.2. The fraction of sp³-hybridized carbons (Fsp3) is 0.735. The third-order valence-electron chi connectivity index (χ3n) is 11.7. The van der Waals surface area contributed by atoms with Crippen LogP contribution in [0.5, 0.6) is 0 Å². The van der Waals surface area contributed by atoms with Gasteiger partial charge in [-0.05, 0) is 62.4 Å². The molecule has 0 saturated carbocycles. The molecule has 0 spiro atoms. The predicted molar refractivity (Wildman–Crippen MR) is 236 cm³/mol. The molecule has 1 aromatic rings. The van der Waals surface area contributed by atoms with E-state index in [9.17, 15) is 9.90 Å². The summed E-state index contributed by atoms with van der Waals surface area (Å²) < 4.78 is 2.34. The number of amidine groups is 1. The maximum atomic E-state index is 13.3. The van der Waals surface area contributed by atoms with E-state index in [1.807, 2.05) is 24.4 Å². The highest BCUT2D eigenvalue weighted by Crippen LogP contribution is 2.37. The standard InChI is InChI=1S/C49H81N5O2/c1-5-9-12-15-18-19-20-21-22-23-24-25-26-27-30-31-38-53(8-4)42-34-35-43(50-41-42)46-48(55)47(49(46)56)44-36-37-45(52-51-44)54(39-32-28-16-13-10-6-2)40-33-29-17-14-11-7-3/h34-37,41H,5-33,38-40H2,1-4H3. The Morgan fingerprint density at radius 2 is 1.02 bits per heavy atom. The number of aromatic nitrogens is 1. The average Bonchev–Trinajstić information content (AvgIpc) is 3.21. The Hall–Kier alpha value is -3.09. The summed E-state index contributed by atoms with van der Waals surface area (Å²) >= 11 is 0. The van der Waals surface area contributed by atoms with Gasteiger partial charge >= 0.3 is 5.84 Å². The zero-order chi connectivity index (χ0) is 40.1. The minimum atomic E-state index is -0.283. The van der Waals surface area contributed by atoms with Crippen LogP contribution >= 0.6 is 0 Å². The summed E-state index contributed by atoms with van der Waals surface area (Å²) in [4.78, 5) is 20.2. The van der Waals surface area contributed by atoms with Crippen molar-refractivity contribution >= 4 is 22.9 Å². The summed E-state index contributed by atoms with van der Waals surface area (Å²) in [5.41, 5.74) is 2.13. The van der Waals surface area contributed by atoms with Crippen molar-refractivity contribution in [2.24, 2.45) is 10.2 Å². The Kier molecular flexibility index (Phi) is 25.4. The smallest absolute Gasteiger partial charge is 0.346 e. The van der Waals surface area contributed by atoms with Crippen LogP contribution in [-0.4, -0.2) is 47.4 Å². The maximum Gasteiger partial charge on any atom is 0.346 e. The average molecular weight is 772 g/mol. The number of unbranched alkanes of at least 4 members (excludes halogenated alkanes) is 25. The van der Waals surface area contributed by atoms with Gasteiger partial charge in [0.1, 0.15) is 5.70 Å². The SMILES string of the molecule is CCCCCCCCCCCCCCCCCCN(CC)c1ccc(C2=C([O-])/C(=C3/C=CC(=[N+](CCCCCCCC)CCCCCCCC)N=N3)C2=O)nc1. The number of hydrogen-bond donors (Lipinski definition) is 0. The Labute approximate surface area is 343 Å². The lowest BCUT2D eigenvalue weighted by molar-refractivity contribution is -0.529. The first kappa shape index (κ1) is 47.3. The molecular weight excluding hydrogens is 691 g/mol. The number of pyridine rings is 1. The van der Waals surface area contributed by atoms with Crippen LogP contribution in [0.25, 0.3) is 5.57 Å². The van der Waals surface area contributed by atoms with E-state index in [1.165, 1.54) is 161 Å². The summed E-state index contributed by atoms with van der Waals surface area (Å²) in [6, 6.07) is 3.82. The second-order valence-electron chi connectivity index (χ2n) is 16.5. The molecule has 0 saturated heterocycles. The lowest BCUT2D eigenvalue weighted by Gasteiger charge is -2.30. The number of nitrogens with zero attached hydrogens (tertiary/aromatic N) is 5. The van der Waals surface area contributed by atoms with Gasteiger partial charge < -0.3 is 10.0 Å². The highest BCUT2D eigenvalue weighted by atomic mass is 16.3. The van der Waals surface area contributed by atoms with Crippen molar-refractivity contribution in [3.05, 3.63) is 53.2 Å². The lowest BCUT2D eigenvalue weighted by atomic mass is 9.84. The Bertz CT molecular complexity index is 1350. The molecule has 0 atom stereocenters. The molecule has 2 aliphatic rings. The van der Waals surface area contributed by atoms with Crippen molar-refractivity contribution < 1.29 is 14.5 Å². The molecule has 56 heavy (non-hydrogen) atoms. The molecule has 314 valence electrons. The molecular formula is C49H81N5O2. The Morgan fingerprint density at radius 3 is 1.41 bits per heavy atom. The van der Waals surface area contributed by atoms with E-state index in [-0.39, 0.29) is 22.7 Å². The van der Waals surface area contributed by atoms with Crippen molar-refractivity contribution in [2.75, 3.05) is 31.1 Å². The largest absolute Gasteiger partial charge is 0.871 e. The molecule has 0 aromatic carbocycles. The van der Waals surface area contributed by atoms with Crippen molar-refractivity contribution in [1.82, 2.24) is 4.98 Å². The van der Waals surface area contributed by atoms with E-state index in [0.717, 1.165) is 57.0 Å². The molecule has 1 aliphatic heterocycles. The van der Waals surface area contributed by atoms with E-state index in [0.29, 0.717) is 11.4 Å². The van der Waals surface area contributed by atoms with Crippen molar-refractivity contribution in [2.45, 2.75) is 207 Å². The van der Waals surface area contributed by atoms with E-state index in [2.05, 4.69) is 52.4 Å². The number of carbonyl (C=O) groups is 1. The number of rotatable bonds is 34. The molecule has 0 amide bonds. The fourth-order valence-electron chi connectivity index (χ4n) is 8.03. The van der Waals surface area contributed by atoms with Gasteiger partial charge in [-0.15, -0.1) is 0 Å². The highest BCUT2D eigenvalue weighted by molar-refractivity contribution is 6.38. The lowest BCUT2D eigenvalue weighted by Crippen LogP contribution is -2.31. The van der Waals surface area contributed by atoms with E-state index >= 15 is 0 Å². The van der Waals surface area contributed by atoms with Gasteiger partial charge in [0.15, 0.2) is 5.78 Å². The molecule has 7 heteroatoms. The van der Waals surface area contributed by atoms with Crippen molar-refractivity contribution in [3.8, 4) is 0 Å². The Balaban J connectivity index is 1.44. The first-order valence-corrected chi connectivity index (χ1v) is 23.7. The Morgan fingerprint density at radius 1 is 0.554 bits per heavy atom. The number of hydrogen-bond acceptors (Lipinski definition) is 5. The van der Waals surface area contributed by atoms with Crippen LogP contribution in [0.1, 0.15) is 213 Å². The first-order valence-electron chi connectivity index (χ1n) is 23.7. The van der Waals surface area contributed by atoms with Crippen LogP contribution in [0.15, 0.2) is 57.7 Å². The molecule has 0 radical (unpaired) electrons. The van der Waals surface area contributed by atoms with E-state index < -0.39 is 0 Å². The van der Waals surface area contributed by atoms with Crippen LogP contribution in [0.4, 0.5) is 5.69 Å². The van der Waals surface area contributed by atoms with Crippen LogP contribution in [0.3, 0.4) is 0 Å². The van der Waals surface area contributed by atoms with E-state index in [1.54, 1.807) is 6.08 Å². The minimum absolute atomic E-state index is 0.127. The molecule has 0 fully saturated rings. The van der Waals surface area contributed by atoms with Crippen LogP contribution < -0.4 is 10.0 Å². The molecule has 0 unspecified atom stereocenters. The summed E-state index contributed by atoms with van der Waals surface area (Å²) in [7, 11) is 0. The fourth-order valence-corrected chi connectivity index (χ4v) is 8.03. The maximum absolute atomic E-state index is 13.3. The second-order valence-corrected chi connectivity index (χ2v) is 16.5. The van der Waals surface area contributed by atoms with Gasteiger partial charge in [0.2, 0.25) is 0 Å². The molecule has 3 rings (SSSR count). The molecule has 0 N–H and O–H groups in total.